The topological polar surface area (TPSA) is 46.5 Å². The maximum Gasteiger partial charge on any atom is 0.305 e. The van der Waals surface area contributed by atoms with E-state index in [2.05, 4.69) is 20.1 Å². The lowest BCUT2D eigenvalue weighted by Gasteiger charge is -2.03. The fourth-order valence-corrected chi connectivity index (χ4v) is 1.81. The second-order valence-electron chi connectivity index (χ2n) is 4.52. The lowest BCUT2D eigenvalue weighted by Crippen LogP contribution is -2.07. The van der Waals surface area contributed by atoms with Crippen molar-refractivity contribution in [2.45, 2.75) is 71.1 Å². The van der Waals surface area contributed by atoms with Crippen molar-refractivity contribution < 1.29 is 14.6 Å². The first kappa shape index (κ1) is 20.5. The normalized spacial score (nSPS) is 9.58. The molecule has 0 aromatic carbocycles. The van der Waals surface area contributed by atoms with Gasteiger partial charge < -0.3 is 9.84 Å². The molecule has 0 fully saturated rings. The van der Waals surface area contributed by atoms with Crippen LogP contribution in [0, 0.1) is 0 Å². The molecular weight excluding hydrogens is 240 g/mol. The molecule has 0 aliphatic carbocycles. The average Bonchev–Trinajstić information content (AvgIpc) is 2.45. The zero-order valence-corrected chi connectivity index (χ0v) is 12.7. The highest BCUT2D eigenvalue weighted by atomic mass is 16.5. The van der Waals surface area contributed by atoms with Gasteiger partial charge in [0.05, 0.1) is 6.61 Å². The van der Waals surface area contributed by atoms with E-state index in [0.29, 0.717) is 6.42 Å². The predicted molar refractivity (Wildman–Crippen MR) is 81.1 cm³/mol. The van der Waals surface area contributed by atoms with Crippen LogP contribution in [-0.2, 0) is 9.53 Å². The Bertz CT molecular complexity index is 181. The molecule has 0 atom stereocenters. The summed E-state index contributed by atoms with van der Waals surface area (Å²) in [6.07, 6.45) is 11.7. The molecule has 0 amide bonds. The summed E-state index contributed by atoms with van der Waals surface area (Å²) in [6, 6.07) is 0. The molecule has 0 rings (SSSR count). The zero-order valence-electron chi connectivity index (χ0n) is 12.7. The average molecular weight is 272 g/mol. The molecule has 1 N–H and O–H groups in total. The van der Waals surface area contributed by atoms with Gasteiger partial charge in [-0.3, -0.25) is 4.79 Å². The number of unbranched alkanes of at least 4 members (excludes halogenated alkanes) is 8. The molecule has 0 saturated heterocycles. The molecule has 0 aromatic heterocycles. The summed E-state index contributed by atoms with van der Waals surface area (Å²) in [5.74, 6) is -0.179. The minimum atomic E-state index is -0.179. The molecule has 3 heteroatoms. The second-order valence-corrected chi connectivity index (χ2v) is 4.52. The molecule has 0 saturated carbocycles. The molecule has 0 bridgehead atoms. The summed E-state index contributed by atoms with van der Waals surface area (Å²) in [7, 11) is 0. The minimum Gasteiger partial charge on any atom is -0.463 e. The van der Waals surface area contributed by atoms with Crippen LogP contribution in [0.2, 0.25) is 0 Å². The number of aliphatic hydroxyl groups is 1. The maximum absolute atomic E-state index is 11.1. The van der Waals surface area contributed by atoms with E-state index < -0.39 is 0 Å². The number of carbonyl (C=O) groups is 1. The van der Waals surface area contributed by atoms with Crippen LogP contribution < -0.4 is 0 Å². The van der Waals surface area contributed by atoms with E-state index in [0.717, 1.165) is 12.8 Å². The van der Waals surface area contributed by atoms with Crippen LogP contribution in [0.25, 0.3) is 0 Å². The lowest BCUT2D eigenvalue weighted by atomic mass is 10.1. The van der Waals surface area contributed by atoms with Crippen molar-refractivity contribution in [1.29, 1.82) is 0 Å². The van der Waals surface area contributed by atoms with Gasteiger partial charge >= 0.3 is 5.97 Å². The van der Waals surface area contributed by atoms with E-state index in [1.54, 1.807) is 0 Å². The number of ether oxygens (including phenoxy) is 1. The fraction of sp³-hybridized carbons (Fsp3) is 0.812. The number of aliphatic hydroxyl groups excluding tert-OH is 1. The molecule has 19 heavy (non-hydrogen) atoms. The van der Waals surface area contributed by atoms with E-state index in [1.165, 1.54) is 44.9 Å². The van der Waals surface area contributed by atoms with Gasteiger partial charge in [-0.15, -0.1) is 13.2 Å². The first-order valence-electron chi connectivity index (χ1n) is 7.57. The number of carbonyl (C=O) groups excluding carboxylic acids is 1. The van der Waals surface area contributed by atoms with Crippen LogP contribution in [0.15, 0.2) is 13.2 Å². The third kappa shape index (κ3) is 19.7. The first-order valence-corrected chi connectivity index (χ1v) is 7.57. The summed E-state index contributed by atoms with van der Waals surface area (Å²) < 4.78 is 4.77. The predicted octanol–water partition coefficient (Wildman–Crippen LogP) is 4.25. The Balaban J connectivity index is 0. The van der Waals surface area contributed by atoms with Crippen LogP contribution >= 0.6 is 0 Å². The maximum atomic E-state index is 11.1. The van der Waals surface area contributed by atoms with Crippen molar-refractivity contribution in [3.05, 3.63) is 13.2 Å². The van der Waals surface area contributed by atoms with Gasteiger partial charge in [-0.2, -0.15) is 0 Å². The number of hydrogen-bond donors (Lipinski definition) is 1. The van der Waals surface area contributed by atoms with Crippen molar-refractivity contribution >= 4 is 5.97 Å². The quantitative estimate of drug-likeness (QED) is 0.328. The monoisotopic (exact) mass is 272 g/mol. The molecule has 0 aliphatic heterocycles. The van der Waals surface area contributed by atoms with Crippen molar-refractivity contribution in [3.63, 3.8) is 0 Å². The van der Waals surface area contributed by atoms with Gasteiger partial charge in [0.1, 0.15) is 6.61 Å². The number of hydrogen-bond acceptors (Lipinski definition) is 3. The Morgan fingerprint density at radius 1 is 0.947 bits per heavy atom. The highest BCUT2D eigenvalue weighted by Crippen LogP contribution is 2.10. The molecule has 0 aliphatic rings. The zero-order chi connectivity index (χ0) is 14.8. The van der Waals surface area contributed by atoms with Gasteiger partial charge in [0, 0.05) is 6.42 Å². The molecule has 0 unspecified atom stereocenters. The van der Waals surface area contributed by atoms with Crippen LogP contribution in [-0.4, -0.2) is 24.3 Å². The molecule has 114 valence electrons. The van der Waals surface area contributed by atoms with Gasteiger partial charge in [0.2, 0.25) is 0 Å². The van der Waals surface area contributed by atoms with Gasteiger partial charge in [0.25, 0.3) is 0 Å². The highest BCUT2D eigenvalue weighted by Gasteiger charge is 2.01. The standard InChI is InChI=1S/C14H28O3.C2H4/c1-2-3-4-5-6-7-8-9-10-11-14(16)17-13-12-15;1-2/h15H,2-13H2,1H3;1-2H2. The van der Waals surface area contributed by atoms with E-state index in [9.17, 15) is 4.79 Å². The largest absolute Gasteiger partial charge is 0.463 e. The van der Waals surface area contributed by atoms with Gasteiger partial charge in [-0.1, -0.05) is 58.3 Å². The highest BCUT2D eigenvalue weighted by molar-refractivity contribution is 5.69. The molecule has 0 spiro atoms. The molecule has 3 nitrogen and oxygen atoms in total. The number of esters is 1. The number of rotatable bonds is 12. The smallest absolute Gasteiger partial charge is 0.305 e. The van der Waals surface area contributed by atoms with Crippen LogP contribution in [0.3, 0.4) is 0 Å². The lowest BCUT2D eigenvalue weighted by molar-refractivity contribution is -0.144. The fourth-order valence-electron chi connectivity index (χ4n) is 1.81. The summed E-state index contributed by atoms with van der Waals surface area (Å²) in [5.41, 5.74) is 0. The summed E-state index contributed by atoms with van der Waals surface area (Å²) >= 11 is 0. The minimum absolute atomic E-state index is 0.0799. The van der Waals surface area contributed by atoms with Crippen molar-refractivity contribution in [1.82, 2.24) is 0 Å². The Kier molecular flexibility index (Phi) is 21.0. The SMILES string of the molecule is C=C.CCCCCCCCCCCC(=O)OCCO. The van der Waals surface area contributed by atoms with E-state index >= 15 is 0 Å². The van der Waals surface area contributed by atoms with E-state index in [-0.39, 0.29) is 19.2 Å². The molecular formula is C16H32O3. The summed E-state index contributed by atoms with van der Waals surface area (Å²) in [5, 5.41) is 8.47. The van der Waals surface area contributed by atoms with Gasteiger partial charge in [-0.25, -0.2) is 0 Å². The van der Waals surface area contributed by atoms with Crippen LogP contribution in [0.4, 0.5) is 0 Å². The van der Waals surface area contributed by atoms with Gasteiger partial charge in [-0.05, 0) is 6.42 Å². The van der Waals surface area contributed by atoms with E-state index in [1.807, 2.05) is 0 Å². The third-order valence-electron chi connectivity index (χ3n) is 2.84. The Labute approximate surface area is 119 Å². The van der Waals surface area contributed by atoms with Crippen molar-refractivity contribution in [2.24, 2.45) is 0 Å². The molecule has 0 aromatic rings. The van der Waals surface area contributed by atoms with Crippen molar-refractivity contribution in [3.8, 4) is 0 Å². The van der Waals surface area contributed by atoms with Gasteiger partial charge in [0.15, 0.2) is 0 Å². The third-order valence-corrected chi connectivity index (χ3v) is 2.84. The van der Waals surface area contributed by atoms with E-state index in [4.69, 9.17) is 9.84 Å². The molecule has 0 heterocycles. The second kappa shape index (κ2) is 19.5. The first-order chi connectivity index (χ1) is 9.31. The summed E-state index contributed by atoms with van der Waals surface area (Å²) in [6.45, 7) is 8.29. The Hall–Kier alpha value is -0.830. The molecule has 0 radical (unpaired) electrons. The van der Waals surface area contributed by atoms with Crippen LogP contribution in [0.5, 0.6) is 0 Å². The Morgan fingerprint density at radius 2 is 1.42 bits per heavy atom. The van der Waals surface area contributed by atoms with Crippen LogP contribution in [0.1, 0.15) is 71.1 Å². The summed E-state index contributed by atoms with van der Waals surface area (Å²) in [4.78, 5) is 11.1. The van der Waals surface area contributed by atoms with Crippen molar-refractivity contribution in [2.75, 3.05) is 13.2 Å². The Morgan fingerprint density at radius 3 is 1.89 bits per heavy atom.